The molecule has 0 aromatic rings. The fraction of sp³-hybridized carbons (Fsp3) is 1.00. The van der Waals surface area contributed by atoms with Crippen LogP contribution in [-0.2, 0) is 0 Å². The van der Waals surface area contributed by atoms with Crippen LogP contribution in [0.25, 0.3) is 0 Å². The van der Waals surface area contributed by atoms with Crippen molar-refractivity contribution in [2.75, 3.05) is 0 Å². The molecule has 1 fully saturated rings. The lowest BCUT2D eigenvalue weighted by Crippen LogP contribution is -2.14. The fourth-order valence-electron chi connectivity index (χ4n) is 1.76. The molecule has 0 bridgehead atoms. The molecule has 1 heteroatoms. The van der Waals surface area contributed by atoms with E-state index in [0.29, 0.717) is 0 Å². The zero-order chi connectivity index (χ0) is 6.91. The molecule has 0 amide bonds. The summed E-state index contributed by atoms with van der Waals surface area (Å²) >= 11 is 0. The molecule has 0 atom stereocenters. The highest BCUT2D eigenvalue weighted by Crippen LogP contribution is 2.47. The van der Waals surface area contributed by atoms with E-state index in [4.69, 9.17) is 0 Å². The molecule has 0 N–H and O–H groups in total. The summed E-state index contributed by atoms with van der Waals surface area (Å²) in [5.41, 5.74) is 0. The third kappa shape index (κ3) is 1.37. The molecular weight excluding hydrogens is 124 g/mol. The van der Waals surface area contributed by atoms with Gasteiger partial charge in [-0.1, -0.05) is 39.5 Å². The van der Waals surface area contributed by atoms with Gasteiger partial charge in [0.15, 0.2) is 0 Å². The second-order valence-corrected chi connectivity index (χ2v) is 6.01. The lowest BCUT2D eigenvalue weighted by atomic mass is 9.93. The summed E-state index contributed by atoms with van der Waals surface area (Å²) in [4.78, 5) is 0. The smallest absolute Gasteiger partial charge is 0.0110 e. The Hall–Kier alpha value is 0.217. The van der Waals surface area contributed by atoms with Crippen molar-refractivity contribution in [1.82, 2.24) is 0 Å². The van der Waals surface area contributed by atoms with Crippen LogP contribution in [0.4, 0.5) is 0 Å². The predicted octanol–water partition coefficient (Wildman–Crippen LogP) is 1.74. The van der Waals surface area contributed by atoms with Crippen molar-refractivity contribution in [2.24, 2.45) is 5.92 Å². The Morgan fingerprint density at radius 1 is 1.22 bits per heavy atom. The van der Waals surface area contributed by atoms with Gasteiger partial charge in [0.25, 0.3) is 0 Å². The standard InChI is InChI=1S/C8H18Si/c1-7(2)8(9)5-3-4-6-8/h7H,3-6H2,1-2,9H3. The van der Waals surface area contributed by atoms with Crippen molar-refractivity contribution in [3.63, 3.8) is 0 Å². The van der Waals surface area contributed by atoms with Gasteiger partial charge in [0.05, 0.1) is 0 Å². The van der Waals surface area contributed by atoms with Gasteiger partial charge in [-0.25, -0.2) is 0 Å². The summed E-state index contributed by atoms with van der Waals surface area (Å²) in [6.07, 6.45) is 6.05. The van der Waals surface area contributed by atoms with Gasteiger partial charge in [0.1, 0.15) is 0 Å². The molecular formula is C8H18Si. The Kier molecular flexibility index (Phi) is 1.99. The van der Waals surface area contributed by atoms with Gasteiger partial charge in [0.2, 0.25) is 0 Å². The van der Waals surface area contributed by atoms with Crippen molar-refractivity contribution in [2.45, 2.75) is 44.6 Å². The van der Waals surface area contributed by atoms with E-state index in [1.165, 1.54) is 35.9 Å². The maximum atomic E-state index is 2.39. The highest BCUT2D eigenvalue weighted by atomic mass is 28.1. The summed E-state index contributed by atoms with van der Waals surface area (Å²) < 4.78 is 0. The van der Waals surface area contributed by atoms with Crippen LogP contribution in [0, 0.1) is 5.92 Å². The minimum atomic E-state index is 0.833. The molecule has 1 rings (SSSR count). The fourth-order valence-corrected chi connectivity index (χ4v) is 2.47. The average molecular weight is 142 g/mol. The van der Waals surface area contributed by atoms with Crippen LogP contribution in [-0.4, -0.2) is 10.2 Å². The van der Waals surface area contributed by atoms with Crippen LogP contribution in [0.15, 0.2) is 0 Å². The summed E-state index contributed by atoms with van der Waals surface area (Å²) in [5.74, 6) is 0.951. The Morgan fingerprint density at radius 3 is 1.89 bits per heavy atom. The van der Waals surface area contributed by atoms with E-state index < -0.39 is 0 Å². The van der Waals surface area contributed by atoms with E-state index in [1.807, 2.05) is 0 Å². The Bertz CT molecular complexity index is 90.7. The van der Waals surface area contributed by atoms with Crippen molar-refractivity contribution in [3.05, 3.63) is 0 Å². The summed E-state index contributed by atoms with van der Waals surface area (Å²) in [6.45, 7) is 4.77. The molecule has 0 aromatic carbocycles. The lowest BCUT2D eigenvalue weighted by molar-refractivity contribution is 0.421. The number of hydrogen-bond donors (Lipinski definition) is 0. The second-order valence-electron chi connectivity index (χ2n) is 4.02. The van der Waals surface area contributed by atoms with Crippen LogP contribution in [0.2, 0.25) is 5.04 Å². The van der Waals surface area contributed by atoms with Gasteiger partial charge in [-0.15, -0.1) is 0 Å². The minimum Gasteiger partial charge on any atom is -0.0626 e. The molecule has 0 aromatic heterocycles. The largest absolute Gasteiger partial charge is 0.0626 e. The monoisotopic (exact) mass is 142 g/mol. The maximum absolute atomic E-state index is 2.39. The topological polar surface area (TPSA) is 0 Å². The van der Waals surface area contributed by atoms with Crippen LogP contribution in [0.1, 0.15) is 39.5 Å². The molecule has 54 valence electrons. The van der Waals surface area contributed by atoms with Crippen LogP contribution < -0.4 is 0 Å². The van der Waals surface area contributed by atoms with E-state index >= 15 is 0 Å². The SMILES string of the molecule is CC(C)C1([SiH3])CCCC1. The maximum Gasteiger partial charge on any atom is 0.0110 e. The summed E-state index contributed by atoms with van der Waals surface area (Å²) in [6, 6.07) is 0. The lowest BCUT2D eigenvalue weighted by Gasteiger charge is -2.27. The third-order valence-corrected chi connectivity index (χ3v) is 5.29. The molecule has 9 heavy (non-hydrogen) atoms. The molecule has 1 aliphatic carbocycles. The van der Waals surface area contributed by atoms with E-state index in [9.17, 15) is 0 Å². The quantitative estimate of drug-likeness (QED) is 0.489. The minimum absolute atomic E-state index is 0.833. The van der Waals surface area contributed by atoms with E-state index in [-0.39, 0.29) is 0 Å². The Morgan fingerprint density at radius 2 is 1.67 bits per heavy atom. The molecule has 0 radical (unpaired) electrons. The van der Waals surface area contributed by atoms with E-state index in [1.54, 1.807) is 0 Å². The zero-order valence-corrected chi connectivity index (χ0v) is 8.91. The molecule has 0 heterocycles. The average Bonchev–Trinajstić information content (AvgIpc) is 2.16. The predicted molar refractivity (Wildman–Crippen MR) is 45.9 cm³/mol. The van der Waals surface area contributed by atoms with Crippen molar-refractivity contribution in [1.29, 1.82) is 0 Å². The molecule has 1 saturated carbocycles. The molecule has 0 aliphatic heterocycles. The first-order chi connectivity index (χ1) is 4.15. The first-order valence-electron chi connectivity index (χ1n) is 4.15. The third-order valence-electron chi connectivity index (χ3n) is 3.14. The van der Waals surface area contributed by atoms with Crippen LogP contribution in [0.5, 0.6) is 0 Å². The highest BCUT2D eigenvalue weighted by Gasteiger charge is 2.31. The molecule has 0 unspecified atom stereocenters. The molecule has 0 saturated heterocycles. The second kappa shape index (κ2) is 2.45. The van der Waals surface area contributed by atoms with Gasteiger partial charge in [-0.2, -0.15) is 0 Å². The van der Waals surface area contributed by atoms with Crippen molar-refractivity contribution < 1.29 is 0 Å². The molecule has 0 spiro atoms. The van der Waals surface area contributed by atoms with Gasteiger partial charge in [0, 0.05) is 10.2 Å². The normalized spacial score (nSPS) is 25.7. The van der Waals surface area contributed by atoms with Gasteiger partial charge in [-0.05, 0) is 11.0 Å². The Balaban J connectivity index is 2.51. The highest BCUT2D eigenvalue weighted by molar-refractivity contribution is 6.15. The Labute approximate surface area is 61.5 Å². The van der Waals surface area contributed by atoms with Gasteiger partial charge < -0.3 is 0 Å². The number of rotatable bonds is 1. The van der Waals surface area contributed by atoms with Gasteiger partial charge in [-0.3, -0.25) is 0 Å². The van der Waals surface area contributed by atoms with E-state index in [2.05, 4.69) is 13.8 Å². The summed E-state index contributed by atoms with van der Waals surface area (Å²) in [7, 11) is 1.42. The van der Waals surface area contributed by atoms with Gasteiger partial charge >= 0.3 is 0 Å². The zero-order valence-electron chi connectivity index (χ0n) is 6.91. The van der Waals surface area contributed by atoms with E-state index in [0.717, 1.165) is 11.0 Å². The van der Waals surface area contributed by atoms with Crippen molar-refractivity contribution >= 4 is 10.2 Å². The van der Waals surface area contributed by atoms with Crippen molar-refractivity contribution in [3.8, 4) is 0 Å². The number of hydrogen-bond acceptors (Lipinski definition) is 0. The van der Waals surface area contributed by atoms with Crippen LogP contribution >= 0.6 is 0 Å². The first-order valence-corrected chi connectivity index (χ1v) is 5.15. The molecule has 0 nitrogen and oxygen atoms in total. The van der Waals surface area contributed by atoms with Crippen LogP contribution in [0.3, 0.4) is 0 Å². The molecule has 1 aliphatic rings. The summed E-state index contributed by atoms with van der Waals surface area (Å²) in [5, 5.41) is 0.833. The first kappa shape index (κ1) is 7.33.